The summed E-state index contributed by atoms with van der Waals surface area (Å²) in [4.78, 5) is 16.9. The lowest BCUT2D eigenvalue weighted by Crippen LogP contribution is -2.37. The van der Waals surface area contributed by atoms with E-state index in [4.69, 9.17) is 4.74 Å². The van der Waals surface area contributed by atoms with E-state index in [0.717, 1.165) is 11.4 Å². The number of ether oxygens (including phenoxy) is 1. The van der Waals surface area contributed by atoms with Crippen molar-refractivity contribution in [3.63, 3.8) is 0 Å². The van der Waals surface area contributed by atoms with Gasteiger partial charge in [-0.15, -0.1) is 0 Å². The zero-order chi connectivity index (χ0) is 18.1. The van der Waals surface area contributed by atoms with Crippen molar-refractivity contribution in [2.45, 2.75) is 38.0 Å². The second-order valence-electron chi connectivity index (χ2n) is 6.28. The molecule has 0 aliphatic carbocycles. The molecule has 9 nitrogen and oxygen atoms in total. The Labute approximate surface area is 149 Å². The van der Waals surface area contributed by atoms with E-state index < -0.39 is 24.5 Å². The van der Waals surface area contributed by atoms with E-state index in [1.807, 2.05) is 25.1 Å². The van der Waals surface area contributed by atoms with Crippen molar-refractivity contribution in [3.05, 3.63) is 48.4 Å². The van der Waals surface area contributed by atoms with Gasteiger partial charge in [0, 0.05) is 19.3 Å². The molecule has 0 amide bonds. The van der Waals surface area contributed by atoms with Gasteiger partial charge in [0.05, 0.1) is 17.7 Å². The topological polar surface area (TPSA) is 118 Å². The van der Waals surface area contributed by atoms with Gasteiger partial charge in [0.25, 0.3) is 0 Å². The third-order valence-corrected chi connectivity index (χ3v) is 4.53. The Balaban J connectivity index is 1.46. The fourth-order valence-electron chi connectivity index (χ4n) is 3.13. The number of nitrogens with zero attached hydrogens (tertiary/aromatic N) is 5. The van der Waals surface area contributed by atoms with E-state index >= 15 is 0 Å². The summed E-state index contributed by atoms with van der Waals surface area (Å²) >= 11 is 0. The maximum atomic E-state index is 10.4. The summed E-state index contributed by atoms with van der Waals surface area (Å²) in [6.45, 7) is 2.77. The van der Waals surface area contributed by atoms with E-state index in [2.05, 4.69) is 25.3 Å². The number of rotatable bonds is 5. The predicted molar refractivity (Wildman–Crippen MR) is 91.9 cm³/mol. The molecule has 0 bridgehead atoms. The molecule has 9 heteroatoms. The number of pyridine rings is 1. The average molecular weight is 356 g/mol. The largest absolute Gasteiger partial charge is 0.387 e. The molecule has 4 heterocycles. The van der Waals surface area contributed by atoms with E-state index in [0.29, 0.717) is 24.3 Å². The molecule has 4 unspecified atom stereocenters. The van der Waals surface area contributed by atoms with Crippen LogP contribution in [0.2, 0.25) is 0 Å². The molecule has 3 N–H and O–H groups in total. The minimum atomic E-state index is -1.08. The fraction of sp³-hybridized carbons (Fsp3) is 0.412. The molecule has 0 saturated carbocycles. The summed E-state index contributed by atoms with van der Waals surface area (Å²) < 4.78 is 7.53. The highest BCUT2D eigenvalue weighted by Crippen LogP contribution is 2.31. The zero-order valence-electron chi connectivity index (χ0n) is 14.2. The van der Waals surface area contributed by atoms with Gasteiger partial charge in [0.1, 0.15) is 30.2 Å². The minimum Gasteiger partial charge on any atom is -0.387 e. The molecule has 0 spiro atoms. The Hall–Kier alpha value is -2.46. The standard InChI is InChI=1S/C17H20N6O3/c1-10-13-16(21-8-20-10)23(9-22-13)17-15(25)14(24)12(26-17)7-18-6-11-4-2-3-5-19-11/h2-5,8-9,12,14-15,17-18,24-25H,6-7H2,1H3. The van der Waals surface area contributed by atoms with E-state index in [1.54, 1.807) is 17.1 Å². The van der Waals surface area contributed by atoms with Gasteiger partial charge in [0.15, 0.2) is 11.9 Å². The second-order valence-corrected chi connectivity index (χ2v) is 6.28. The number of fused-ring (bicyclic) bond motifs is 1. The Morgan fingerprint density at radius 1 is 1.15 bits per heavy atom. The van der Waals surface area contributed by atoms with Gasteiger partial charge in [-0.2, -0.15) is 0 Å². The summed E-state index contributed by atoms with van der Waals surface area (Å²) in [7, 11) is 0. The smallest absolute Gasteiger partial charge is 0.165 e. The third kappa shape index (κ3) is 3.06. The van der Waals surface area contributed by atoms with Gasteiger partial charge in [-0.1, -0.05) is 6.07 Å². The highest BCUT2D eigenvalue weighted by Gasteiger charge is 2.44. The summed E-state index contributed by atoms with van der Waals surface area (Å²) in [6, 6.07) is 5.68. The van der Waals surface area contributed by atoms with Crippen LogP contribution >= 0.6 is 0 Å². The van der Waals surface area contributed by atoms with Crippen LogP contribution in [-0.4, -0.2) is 59.6 Å². The van der Waals surface area contributed by atoms with Crippen LogP contribution < -0.4 is 5.32 Å². The predicted octanol–water partition coefficient (Wildman–Crippen LogP) is -0.0613. The maximum absolute atomic E-state index is 10.4. The number of hydrogen-bond donors (Lipinski definition) is 3. The maximum Gasteiger partial charge on any atom is 0.165 e. The first-order chi connectivity index (χ1) is 12.6. The first kappa shape index (κ1) is 17.0. The highest BCUT2D eigenvalue weighted by atomic mass is 16.6. The lowest BCUT2D eigenvalue weighted by Gasteiger charge is -2.16. The molecule has 0 radical (unpaired) electrons. The summed E-state index contributed by atoms with van der Waals surface area (Å²) in [5.41, 5.74) is 2.85. The molecule has 1 fully saturated rings. The molecular formula is C17H20N6O3. The fourth-order valence-corrected chi connectivity index (χ4v) is 3.13. The number of hydrogen-bond acceptors (Lipinski definition) is 8. The van der Waals surface area contributed by atoms with Crippen molar-refractivity contribution in [3.8, 4) is 0 Å². The number of nitrogens with one attached hydrogen (secondary N) is 1. The first-order valence-electron chi connectivity index (χ1n) is 8.41. The lowest BCUT2D eigenvalue weighted by molar-refractivity contribution is -0.0342. The van der Waals surface area contributed by atoms with Crippen LogP contribution in [0.4, 0.5) is 0 Å². The molecule has 26 heavy (non-hydrogen) atoms. The van der Waals surface area contributed by atoms with Gasteiger partial charge in [0.2, 0.25) is 0 Å². The van der Waals surface area contributed by atoms with Gasteiger partial charge in [-0.25, -0.2) is 15.0 Å². The van der Waals surface area contributed by atoms with Crippen molar-refractivity contribution < 1.29 is 14.9 Å². The summed E-state index contributed by atoms with van der Waals surface area (Å²) in [5, 5.41) is 24.0. The molecule has 0 aromatic carbocycles. The van der Waals surface area contributed by atoms with Crippen LogP contribution in [0.3, 0.4) is 0 Å². The number of aromatic nitrogens is 5. The normalized spacial score (nSPS) is 25.8. The van der Waals surface area contributed by atoms with E-state index in [1.165, 1.54) is 6.33 Å². The van der Waals surface area contributed by atoms with Crippen LogP contribution in [0.15, 0.2) is 37.1 Å². The van der Waals surface area contributed by atoms with E-state index in [-0.39, 0.29) is 0 Å². The summed E-state index contributed by atoms with van der Waals surface area (Å²) in [5.74, 6) is 0. The van der Waals surface area contributed by atoms with Gasteiger partial charge < -0.3 is 20.3 Å². The molecule has 4 atom stereocenters. The van der Waals surface area contributed by atoms with Crippen molar-refractivity contribution >= 4 is 11.2 Å². The number of aryl methyl sites for hydroxylation is 1. The second kappa shape index (κ2) is 7.04. The van der Waals surface area contributed by atoms with Crippen LogP contribution in [0, 0.1) is 6.92 Å². The monoisotopic (exact) mass is 356 g/mol. The number of aliphatic hydroxyl groups is 2. The van der Waals surface area contributed by atoms with Crippen LogP contribution in [-0.2, 0) is 11.3 Å². The van der Waals surface area contributed by atoms with Gasteiger partial charge in [-0.3, -0.25) is 9.55 Å². The molecule has 3 aromatic heterocycles. The van der Waals surface area contributed by atoms with Crippen LogP contribution in [0.1, 0.15) is 17.6 Å². The average Bonchev–Trinajstić information content (AvgIpc) is 3.20. The highest BCUT2D eigenvalue weighted by molar-refractivity contribution is 5.72. The minimum absolute atomic E-state index is 0.381. The molecule has 1 saturated heterocycles. The molecule has 136 valence electrons. The molecule has 1 aliphatic rings. The van der Waals surface area contributed by atoms with Crippen molar-refractivity contribution in [2.24, 2.45) is 0 Å². The van der Waals surface area contributed by atoms with Crippen LogP contribution in [0.25, 0.3) is 11.2 Å². The first-order valence-corrected chi connectivity index (χ1v) is 8.41. The lowest BCUT2D eigenvalue weighted by atomic mass is 10.1. The Bertz CT molecular complexity index is 887. The van der Waals surface area contributed by atoms with Gasteiger partial charge in [-0.05, 0) is 19.1 Å². The van der Waals surface area contributed by atoms with Crippen molar-refractivity contribution in [1.82, 2.24) is 29.8 Å². The Kier molecular flexibility index (Phi) is 4.60. The zero-order valence-corrected chi connectivity index (χ0v) is 14.2. The molecule has 1 aliphatic heterocycles. The Morgan fingerprint density at radius 2 is 2.04 bits per heavy atom. The van der Waals surface area contributed by atoms with E-state index in [9.17, 15) is 10.2 Å². The third-order valence-electron chi connectivity index (χ3n) is 4.53. The molecule has 4 rings (SSSR count). The number of imidazole rings is 1. The Morgan fingerprint density at radius 3 is 2.85 bits per heavy atom. The molecular weight excluding hydrogens is 336 g/mol. The summed E-state index contributed by atoms with van der Waals surface area (Å²) in [6.07, 6.45) is 1.31. The SMILES string of the molecule is Cc1ncnc2c1ncn2C1OC(CNCc2ccccn2)C(O)C1O. The van der Waals surface area contributed by atoms with Crippen molar-refractivity contribution in [2.75, 3.05) is 6.54 Å². The van der Waals surface area contributed by atoms with Gasteiger partial charge >= 0.3 is 0 Å². The molecule has 3 aromatic rings. The number of aliphatic hydroxyl groups excluding tert-OH is 2. The van der Waals surface area contributed by atoms with Crippen molar-refractivity contribution in [1.29, 1.82) is 0 Å². The van der Waals surface area contributed by atoms with Crippen LogP contribution in [0.5, 0.6) is 0 Å². The quantitative estimate of drug-likeness (QED) is 0.582.